The summed E-state index contributed by atoms with van der Waals surface area (Å²) in [5.41, 5.74) is 1.95. The number of methoxy groups -OCH3 is 1. The molecule has 0 bridgehead atoms. The van der Waals surface area contributed by atoms with Crippen LogP contribution in [0.1, 0.15) is 19.5 Å². The van der Waals surface area contributed by atoms with Crippen LogP contribution in [0.25, 0.3) is 11.3 Å². The molecule has 4 nitrogen and oxygen atoms in total. The van der Waals surface area contributed by atoms with Crippen LogP contribution in [0.5, 0.6) is 5.75 Å². The average molecular weight is 407 g/mol. The van der Waals surface area contributed by atoms with Gasteiger partial charge in [0, 0.05) is 41.8 Å². The average Bonchev–Trinajstić information content (AvgIpc) is 3.25. The van der Waals surface area contributed by atoms with Crippen molar-refractivity contribution in [3.8, 4) is 17.0 Å². The van der Waals surface area contributed by atoms with Crippen molar-refractivity contribution in [3.63, 3.8) is 0 Å². The maximum Gasteiger partial charge on any atom is 0.135 e. The Morgan fingerprint density at radius 2 is 1.73 bits per heavy atom. The number of anilines is 1. The van der Waals surface area contributed by atoms with Gasteiger partial charge in [0.25, 0.3) is 0 Å². The van der Waals surface area contributed by atoms with Gasteiger partial charge in [-0.25, -0.2) is 13.8 Å². The van der Waals surface area contributed by atoms with E-state index >= 15 is 0 Å². The van der Waals surface area contributed by atoms with Crippen molar-refractivity contribution in [1.29, 1.82) is 0 Å². The highest BCUT2D eigenvalue weighted by Gasteiger charge is 2.32. The van der Waals surface area contributed by atoms with Crippen LogP contribution in [0.4, 0.5) is 14.5 Å². The van der Waals surface area contributed by atoms with E-state index in [1.165, 1.54) is 12.1 Å². The number of ether oxygens (including phenoxy) is 1. The molecule has 6 heteroatoms. The van der Waals surface area contributed by atoms with Crippen molar-refractivity contribution in [3.05, 3.63) is 90.4 Å². The second kappa shape index (κ2) is 7.78. The fourth-order valence-corrected chi connectivity index (χ4v) is 3.49. The van der Waals surface area contributed by atoms with Crippen LogP contribution >= 0.6 is 0 Å². The van der Waals surface area contributed by atoms with Crippen LogP contribution in [-0.2, 0) is 5.54 Å². The maximum atomic E-state index is 14.4. The Kier molecular flexibility index (Phi) is 5.16. The first-order valence-electron chi connectivity index (χ1n) is 9.67. The van der Waals surface area contributed by atoms with Gasteiger partial charge >= 0.3 is 0 Å². The maximum absolute atomic E-state index is 14.4. The SMILES string of the molecule is COc1cc(-c2ccc(F)cc2F)nc(C(C)(C)N2C=CN(c3ccccc3)C2)c1. The predicted octanol–water partition coefficient (Wildman–Crippen LogP) is 5.52. The molecule has 0 saturated heterocycles. The summed E-state index contributed by atoms with van der Waals surface area (Å²) in [6.07, 6.45) is 4.05. The highest BCUT2D eigenvalue weighted by Crippen LogP contribution is 2.35. The van der Waals surface area contributed by atoms with E-state index in [4.69, 9.17) is 9.72 Å². The van der Waals surface area contributed by atoms with E-state index < -0.39 is 17.2 Å². The van der Waals surface area contributed by atoms with E-state index in [0.29, 0.717) is 18.1 Å². The van der Waals surface area contributed by atoms with E-state index in [-0.39, 0.29) is 5.56 Å². The summed E-state index contributed by atoms with van der Waals surface area (Å²) < 4.78 is 33.2. The first-order chi connectivity index (χ1) is 14.4. The molecule has 4 rings (SSSR count). The molecule has 0 aliphatic carbocycles. The largest absolute Gasteiger partial charge is 0.497 e. The normalized spacial score (nSPS) is 13.8. The molecule has 0 spiro atoms. The number of para-hydroxylation sites is 1. The van der Waals surface area contributed by atoms with Crippen LogP contribution in [0.15, 0.2) is 73.1 Å². The molecule has 2 heterocycles. The molecule has 0 atom stereocenters. The van der Waals surface area contributed by atoms with E-state index in [1.54, 1.807) is 13.2 Å². The lowest BCUT2D eigenvalue weighted by Gasteiger charge is -2.36. The second-order valence-corrected chi connectivity index (χ2v) is 7.68. The van der Waals surface area contributed by atoms with Crippen LogP contribution < -0.4 is 9.64 Å². The molecule has 1 aliphatic rings. The number of nitrogens with zero attached hydrogens (tertiary/aromatic N) is 3. The molecule has 0 N–H and O–H groups in total. The lowest BCUT2D eigenvalue weighted by atomic mass is 9.96. The molecule has 0 saturated carbocycles. The van der Waals surface area contributed by atoms with Crippen molar-refractivity contribution in [2.75, 3.05) is 18.7 Å². The van der Waals surface area contributed by atoms with Gasteiger partial charge in [0.05, 0.1) is 30.7 Å². The van der Waals surface area contributed by atoms with Gasteiger partial charge in [-0.1, -0.05) is 18.2 Å². The molecule has 3 aromatic rings. The topological polar surface area (TPSA) is 28.6 Å². The van der Waals surface area contributed by atoms with Gasteiger partial charge in [0.1, 0.15) is 17.4 Å². The Hall–Kier alpha value is -3.41. The lowest BCUT2D eigenvalue weighted by Crippen LogP contribution is -2.40. The van der Waals surface area contributed by atoms with E-state index in [2.05, 4.69) is 35.8 Å². The van der Waals surface area contributed by atoms with Gasteiger partial charge in [0.2, 0.25) is 0 Å². The zero-order valence-electron chi connectivity index (χ0n) is 17.1. The summed E-state index contributed by atoms with van der Waals surface area (Å²) >= 11 is 0. The summed E-state index contributed by atoms with van der Waals surface area (Å²) in [6.45, 7) is 4.76. The van der Waals surface area contributed by atoms with Gasteiger partial charge in [-0.2, -0.15) is 0 Å². The fourth-order valence-electron chi connectivity index (χ4n) is 3.49. The zero-order valence-corrected chi connectivity index (χ0v) is 17.1. The number of aromatic nitrogens is 1. The first kappa shape index (κ1) is 19.9. The summed E-state index contributed by atoms with van der Waals surface area (Å²) in [5.74, 6) is -0.714. The van der Waals surface area contributed by atoms with E-state index in [0.717, 1.165) is 17.4 Å². The third-order valence-corrected chi connectivity index (χ3v) is 5.41. The molecule has 1 aliphatic heterocycles. The Morgan fingerprint density at radius 3 is 2.43 bits per heavy atom. The molecule has 1 aromatic heterocycles. The smallest absolute Gasteiger partial charge is 0.135 e. The minimum Gasteiger partial charge on any atom is -0.497 e. The Morgan fingerprint density at radius 1 is 0.967 bits per heavy atom. The van der Waals surface area contributed by atoms with Gasteiger partial charge in [0.15, 0.2) is 0 Å². The van der Waals surface area contributed by atoms with Gasteiger partial charge in [-0.15, -0.1) is 0 Å². The quantitative estimate of drug-likeness (QED) is 0.557. The first-order valence-corrected chi connectivity index (χ1v) is 9.67. The minimum absolute atomic E-state index is 0.232. The van der Waals surface area contributed by atoms with Crippen molar-refractivity contribution in [1.82, 2.24) is 9.88 Å². The Balaban J connectivity index is 1.68. The molecule has 0 fully saturated rings. The van der Waals surface area contributed by atoms with Crippen molar-refractivity contribution >= 4 is 5.69 Å². The van der Waals surface area contributed by atoms with Crippen LogP contribution in [0.2, 0.25) is 0 Å². The number of halogens is 2. The second-order valence-electron chi connectivity index (χ2n) is 7.68. The number of pyridine rings is 1. The highest BCUT2D eigenvalue weighted by atomic mass is 19.1. The van der Waals surface area contributed by atoms with Crippen LogP contribution in [0.3, 0.4) is 0 Å². The third-order valence-electron chi connectivity index (χ3n) is 5.41. The van der Waals surface area contributed by atoms with Crippen molar-refractivity contribution in [2.24, 2.45) is 0 Å². The van der Waals surface area contributed by atoms with Crippen molar-refractivity contribution < 1.29 is 13.5 Å². The summed E-state index contributed by atoms with van der Waals surface area (Å²) in [4.78, 5) is 9.02. The van der Waals surface area contributed by atoms with E-state index in [1.807, 2.05) is 36.7 Å². The number of rotatable bonds is 5. The monoisotopic (exact) mass is 407 g/mol. The fraction of sp³-hybridized carbons (Fsp3) is 0.208. The molecular formula is C24H23F2N3O. The number of benzene rings is 2. The predicted molar refractivity (Wildman–Crippen MR) is 114 cm³/mol. The molecule has 2 aromatic carbocycles. The lowest BCUT2D eigenvalue weighted by molar-refractivity contribution is 0.196. The molecule has 30 heavy (non-hydrogen) atoms. The summed E-state index contributed by atoms with van der Waals surface area (Å²) in [7, 11) is 1.56. The molecular weight excluding hydrogens is 384 g/mol. The minimum atomic E-state index is -0.657. The van der Waals surface area contributed by atoms with Gasteiger partial charge in [-0.3, -0.25) is 0 Å². The van der Waals surface area contributed by atoms with E-state index in [9.17, 15) is 8.78 Å². The molecule has 0 radical (unpaired) electrons. The highest BCUT2D eigenvalue weighted by molar-refractivity contribution is 5.62. The Bertz CT molecular complexity index is 1080. The van der Waals surface area contributed by atoms with Crippen LogP contribution in [0, 0.1) is 11.6 Å². The summed E-state index contributed by atoms with van der Waals surface area (Å²) in [5, 5.41) is 0. The third kappa shape index (κ3) is 3.73. The van der Waals surface area contributed by atoms with Gasteiger partial charge < -0.3 is 14.5 Å². The Labute approximate surface area is 175 Å². The van der Waals surface area contributed by atoms with Crippen molar-refractivity contribution in [2.45, 2.75) is 19.4 Å². The number of hydrogen-bond donors (Lipinski definition) is 0. The molecule has 0 amide bonds. The molecule has 0 unspecified atom stereocenters. The van der Waals surface area contributed by atoms with Gasteiger partial charge in [-0.05, 0) is 38.1 Å². The summed E-state index contributed by atoms with van der Waals surface area (Å²) in [6, 6.07) is 17.1. The molecule has 154 valence electrons. The van der Waals surface area contributed by atoms with Crippen LogP contribution in [-0.4, -0.2) is 23.7 Å². The zero-order chi connectivity index (χ0) is 21.3. The number of hydrogen-bond acceptors (Lipinski definition) is 4. The standard InChI is InChI=1S/C24H23F2N3O/c1-24(2,29-12-11-28(16-29)18-7-5-4-6-8-18)23-15-19(30-3)14-22(27-23)20-10-9-17(25)13-21(20)26/h4-15H,16H2,1-3H3.